The average molecular weight is 765 g/mol. The van der Waals surface area contributed by atoms with Crippen molar-refractivity contribution in [1.82, 2.24) is 30.4 Å². The number of alkyl halides is 3. The third kappa shape index (κ3) is 9.89. The topological polar surface area (TPSA) is 153 Å². The van der Waals surface area contributed by atoms with Crippen LogP contribution in [0, 0.1) is 12.8 Å². The summed E-state index contributed by atoms with van der Waals surface area (Å²) in [5, 5.41) is 27.4. The first kappa shape index (κ1) is 39.9. The van der Waals surface area contributed by atoms with Gasteiger partial charge >= 0.3 is 6.18 Å². The molecular weight excluding hydrogens is 717 g/mol. The number of aromatic nitrogens is 2. The number of para-hydroxylation sites is 1. The summed E-state index contributed by atoms with van der Waals surface area (Å²) >= 11 is 0. The number of piperazine rings is 1. The number of hydrogen-bond donors (Lipinski definition) is 4. The molecule has 4 aromatic rings. The Morgan fingerprint density at radius 1 is 1.04 bits per heavy atom. The van der Waals surface area contributed by atoms with E-state index < -0.39 is 54.4 Å². The van der Waals surface area contributed by atoms with Crippen molar-refractivity contribution in [3.8, 4) is 17.1 Å². The number of fused-ring (bicyclic) bond motifs is 1. The van der Waals surface area contributed by atoms with Crippen LogP contribution in [0.1, 0.15) is 48.9 Å². The standard InChI is InChI=1S/C40H47F3N6O6/c1-25-15-28(19-44-18-25)34-20-45-38(55-34)39(2,3)49-14-13-48(31(22-49)37(53)46-24-40(41,42)43)21-29(50)17-27(16-26-9-5-4-6-10-26)36(52)47-35-30-11-7-8-12-33(30)54-23-32(35)51/h4-12,15,18-20,27,29,31-32,35,50-51H,13-14,16-17,21-24H2,1-3H3,(H,46,53)(H,47,52)/t27?,29-,31-,32+,35-/m0/s1. The number of aryl methyl sites for hydroxylation is 1. The van der Waals surface area contributed by atoms with Gasteiger partial charge in [0.1, 0.15) is 31.0 Å². The van der Waals surface area contributed by atoms with Gasteiger partial charge in [-0.2, -0.15) is 13.2 Å². The number of β-amino-alcohol motifs (C(OH)–C–C–N with tert-alkyl or cyclic N) is 1. The Morgan fingerprint density at radius 2 is 1.78 bits per heavy atom. The lowest BCUT2D eigenvalue weighted by atomic mass is 9.90. The van der Waals surface area contributed by atoms with Gasteiger partial charge in [0.2, 0.25) is 17.7 Å². The zero-order chi connectivity index (χ0) is 39.3. The number of ether oxygens (including phenoxy) is 1. The zero-order valence-corrected chi connectivity index (χ0v) is 31.0. The van der Waals surface area contributed by atoms with Gasteiger partial charge in [0.15, 0.2) is 5.76 Å². The third-order valence-corrected chi connectivity index (χ3v) is 10.3. The lowest BCUT2D eigenvalue weighted by Gasteiger charge is -2.46. The molecule has 1 saturated heterocycles. The number of carbonyl (C=O) groups is 2. The van der Waals surface area contributed by atoms with Crippen LogP contribution in [0.15, 0.2) is 83.7 Å². The molecular formula is C40H47F3N6O6. The van der Waals surface area contributed by atoms with Gasteiger partial charge in [-0.1, -0.05) is 48.5 Å². The van der Waals surface area contributed by atoms with Gasteiger partial charge in [0, 0.05) is 55.6 Å². The Balaban J connectivity index is 1.19. The minimum atomic E-state index is -4.62. The molecule has 2 aliphatic heterocycles. The smallest absolute Gasteiger partial charge is 0.405 e. The maximum atomic E-state index is 14.0. The van der Waals surface area contributed by atoms with Crippen molar-refractivity contribution in [3.05, 3.63) is 102 Å². The van der Waals surface area contributed by atoms with Crippen molar-refractivity contribution >= 4 is 11.8 Å². The second-order valence-corrected chi connectivity index (χ2v) is 14.8. The molecule has 0 aliphatic carbocycles. The Bertz CT molecular complexity index is 1920. The number of carbonyl (C=O) groups excluding carboxylic acids is 2. The Hall–Kier alpha value is -4.83. The minimum absolute atomic E-state index is 0.00411. The van der Waals surface area contributed by atoms with Crippen molar-refractivity contribution in [2.45, 2.75) is 69.6 Å². The molecule has 0 radical (unpaired) electrons. The van der Waals surface area contributed by atoms with Gasteiger partial charge in [-0.3, -0.25) is 24.4 Å². The number of amides is 2. The summed E-state index contributed by atoms with van der Waals surface area (Å²) < 4.78 is 51.6. The molecule has 5 atom stereocenters. The highest BCUT2D eigenvalue weighted by Gasteiger charge is 2.43. The summed E-state index contributed by atoms with van der Waals surface area (Å²) in [6.07, 6.45) is -1.52. The summed E-state index contributed by atoms with van der Waals surface area (Å²) in [4.78, 5) is 39.8. The SMILES string of the molecule is Cc1cncc(-c2cnc(C(C)(C)N3CCN(C[C@@H](O)CC(Cc4ccccc4)C(=O)N[C@H]4c5ccccc5OC[C@H]4O)[C@H](C(=O)NCC(F)(F)F)C3)o2)c1. The lowest BCUT2D eigenvalue weighted by molar-refractivity contribution is -0.144. The predicted octanol–water partition coefficient (Wildman–Crippen LogP) is 4.17. The van der Waals surface area contributed by atoms with E-state index in [2.05, 4.69) is 15.3 Å². The number of rotatable bonds is 13. The number of oxazole rings is 1. The van der Waals surface area contributed by atoms with Gasteiger partial charge in [-0.15, -0.1) is 0 Å². The normalized spacial score (nSPS) is 20.5. The minimum Gasteiger partial charge on any atom is -0.490 e. The first-order valence-electron chi connectivity index (χ1n) is 18.3. The summed E-state index contributed by atoms with van der Waals surface area (Å²) in [6.45, 7) is 4.67. The van der Waals surface area contributed by atoms with Crippen LogP contribution in [-0.4, -0.2) is 106 Å². The zero-order valence-electron chi connectivity index (χ0n) is 31.0. The van der Waals surface area contributed by atoms with E-state index in [1.165, 1.54) is 0 Å². The van der Waals surface area contributed by atoms with Gasteiger partial charge in [0.05, 0.1) is 23.9 Å². The van der Waals surface area contributed by atoms with Gasteiger partial charge in [0.25, 0.3) is 0 Å². The van der Waals surface area contributed by atoms with Gasteiger partial charge in [-0.25, -0.2) is 4.98 Å². The van der Waals surface area contributed by atoms with E-state index in [4.69, 9.17) is 9.15 Å². The van der Waals surface area contributed by atoms with E-state index in [9.17, 15) is 33.0 Å². The largest absolute Gasteiger partial charge is 0.490 e. The number of nitrogens with zero attached hydrogens (tertiary/aromatic N) is 4. The molecule has 294 valence electrons. The summed E-state index contributed by atoms with van der Waals surface area (Å²) in [5.74, 6) is -0.554. The number of benzene rings is 2. The summed E-state index contributed by atoms with van der Waals surface area (Å²) in [7, 11) is 0. The highest BCUT2D eigenvalue weighted by atomic mass is 19.4. The molecule has 6 rings (SSSR count). The average Bonchev–Trinajstić information content (AvgIpc) is 3.67. The molecule has 0 spiro atoms. The van der Waals surface area contributed by atoms with Gasteiger partial charge in [-0.05, 0) is 56.9 Å². The predicted molar refractivity (Wildman–Crippen MR) is 197 cm³/mol. The van der Waals surface area contributed by atoms with Crippen LogP contribution in [0.2, 0.25) is 0 Å². The molecule has 2 aromatic heterocycles. The molecule has 1 fully saturated rings. The Labute approximate surface area is 317 Å². The van der Waals surface area contributed by atoms with Crippen LogP contribution in [0.4, 0.5) is 13.2 Å². The first-order chi connectivity index (χ1) is 26.2. The van der Waals surface area contributed by atoms with Crippen LogP contribution in [0.5, 0.6) is 5.75 Å². The van der Waals surface area contributed by atoms with Crippen molar-refractivity contribution in [2.24, 2.45) is 5.92 Å². The van der Waals surface area contributed by atoms with E-state index in [0.29, 0.717) is 29.5 Å². The fourth-order valence-corrected chi connectivity index (χ4v) is 7.26. The molecule has 4 N–H and O–H groups in total. The van der Waals surface area contributed by atoms with E-state index in [0.717, 1.165) is 16.7 Å². The van der Waals surface area contributed by atoms with Crippen molar-refractivity contribution in [1.29, 1.82) is 0 Å². The first-order valence-corrected chi connectivity index (χ1v) is 18.3. The molecule has 4 heterocycles. The third-order valence-electron chi connectivity index (χ3n) is 10.3. The molecule has 15 heteroatoms. The Morgan fingerprint density at radius 3 is 2.53 bits per heavy atom. The molecule has 0 bridgehead atoms. The van der Waals surface area contributed by atoms with Crippen LogP contribution in [0.3, 0.4) is 0 Å². The molecule has 55 heavy (non-hydrogen) atoms. The molecule has 2 aromatic carbocycles. The fourth-order valence-electron chi connectivity index (χ4n) is 7.26. The highest BCUT2D eigenvalue weighted by molar-refractivity contribution is 5.82. The van der Waals surface area contributed by atoms with Crippen LogP contribution < -0.4 is 15.4 Å². The summed E-state index contributed by atoms with van der Waals surface area (Å²) in [6, 6.07) is 16.5. The second-order valence-electron chi connectivity index (χ2n) is 14.8. The summed E-state index contributed by atoms with van der Waals surface area (Å²) in [5.41, 5.74) is 2.31. The number of aliphatic hydroxyl groups excluding tert-OH is 2. The van der Waals surface area contributed by atoms with Crippen LogP contribution in [-0.2, 0) is 21.5 Å². The highest BCUT2D eigenvalue weighted by Crippen LogP contribution is 2.34. The molecule has 2 amide bonds. The van der Waals surface area contributed by atoms with Crippen molar-refractivity contribution in [2.75, 3.05) is 39.3 Å². The number of aliphatic hydroxyl groups is 2. The van der Waals surface area contributed by atoms with Gasteiger partial charge < -0.3 is 30.0 Å². The quantitative estimate of drug-likeness (QED) is 0.156. The number of nitrogens with one attached hydrogen (secondary N) is 2. The van der Waals surface area contributed by atoms with Crippen LogP contribution >= 0.6 is 0 Å². The molecule has 2 aliphatic rings. The number of halogens is 3. The Kier molecular flexibility index (Phi) is 12.2. The van der Waals surface area contributed by atoms with E-state index in [-0.39, 0.29) is 45.0 Å². The monoisotopic (exact) mass is 764 g/mol. The number of pyridine rings is 1. The molecule has 0 saturated carbocycles. The fraction of sp³-hybridized carbons (Fsp3) is 0.450. The van der Waals surface area contributed by atoms with Crippen molar-refractivity contribution in [3.63, 3.8) is 0 Å². The lowest BCUT2D eigenvalue weighted by Crippen LogP contribution is -2.63. The van der Waals surface area contributed by atoms with E-state index in [1.54, 1.807) is 47.8 Å². The maximum Gasteiger partial charge on any atom is 0.405 e. The van der Waals surface area contributed by atoms with Crippen LogP contribution in [0.25, 0.3) is 11.3 Å². The second kappa shape index (κ2) is 16.9. The van der Waals surface area contributed by atoms with E-state index >= 15 is 0 Å². The molecule has 12 nitrogen and oxygen atoms in total. The van der Waals surface area contributed by atoms with E-state index in [1.807, 2.05) is 67.4 Å². The molecule has 1 unspecified atom stereocenters. The number of hydrogen-bond acceptors (Lipinski definition) is 10. The van der Waals surface area contributed by atoms with Crippen molar-refractivity contribution < 1.29 is 42.1 Å². The maximum absolute atomic E-state index is 14.0.